The van der Waals surface area contributed by atoms with Crippen molar-refractivity contribution in [3.8, 4) is 0 Å². The lowest BCUT2D eigenvalue weighted by molar-refractivity contribution is -0.146. The van der Waals surface area contributed by atoms with Crippen molar-refractivity contribution in [3.63, 3.8) is 0 Å². The third-order valence-corrected chi connectivity index (χ3v) is 1.29. The zero-order valence-corrected chi connectivity index (χ0v) is 6.84. The third-order valence-electron chi connectivity index (χ3n) is 1.29. The highest BCUT2D eigenvalue weighted by atomic mass is 16.4. The highest BCUT2D eigenvalue weighted by molar-refractivity contribution is 5.90. The lowest BCUT2D eigenvalue weighted by Crippen LogP contribution is -2.36. The molecule has 1 rings (SSSR count). The van der Waals surface area contributed by atoms with Gasteiger partial charge in [-0.05, 0) is 5.21 Å². The highest BCUT2D eigenvalue weighted by Crippen LogP contribution is 1.85. The predicted molar refractivity (Wildman–Crippen MR) is 40.2 cm³/mol. The second-order valence-electron chi connectivity index (χ2n) is 2.30. The molecule has 0 spiro atoms. The summed E-state index contributed by atoms with van der Waals surface area (Å²) in [6.07, 6.45) is -1.65. The van der Waals surface area contributed by atoms with E-state index in [9.17, 15) is 9.59 Å². The summed E-state index contributed by atoms with van der Waals surface area (Å²) in [5.41, 5.74) is 0. The minimum atomic E-state index is -1.65. The predicted octanol–water partition coefficient (Wildman–Crippen LogP) is -2.62. The van der Waals surface area contributed by atoms with Crippen molar-refractivity contribution < 1.29 is 19.8 Å². The standard InChI is InChI=1S/C5H7N5O4/c11-2(5(13)14)1-6-4(12)3-7-9-10-8-3/h2,11H,1H2,(H,6,12)(H,13,14)(H,7,8,9,10)/t2-/m0/s1. The molecule has 1 aromatic rings. The minimum Gasteiger partial charge on any atom is -0.479 e. The summed E-state index contributed by atoms with van der Waals surface area (Å²) in [4.78, 5) is 21.2. The number of aliphatic hydroxyl groups is 1. The van der Waals surface area contributed by atoms with Crippen LogP contribution in [0.5, 0.6) is 0 Å². The molecule has 14 heavy (non-hydrogen) atoms. The fourth-order valence-electron chi connectivity index (χ4n) is 0.614. The summed E-state index contributed by atoms with van der Waals surface area (Å²) in [5.74, 6) is -2.35. The number of carboxylic acids is 1. The van der Waals surface area contributed by atoms with Gasteiger partial charge in [0.25, 0.3) is 11.7 Å². The molecule has 0 unspecified atom stereocenters. The van der Waals surface area contributed by atoms with Crippen molar-refractivity contribution in [2.24, 2.45) is 0 Å². The monoisotopic (exact) mass is 201 g/mol. The van der Waals surface area contributed by atoms with E-state index in [-0.39, 0.29) is 5.82 Å². The molecular formula is C5H7N5O4. The number of carboxylic acid groups (broad SMARTS) is 1. The number of aliphatic carboxylic acids is 1. The quantitative estimate of drug-likeness (QED) is 0.417. The molecule has 76 valence electrons. The summed E-state index contributed by atoms with van der Waals surface area (Å²) in [7, 11) is 0. The molecule has 0 aliphatic heterocycles. The van der Waals surface area contributed by atoms with Crippen LogP contribution in [0.4, 0.5) is 0 Å². The van der Waals surface area contributed by atoms with Crippen molar-refractivity contribution in [1.82, 2.24) is 25.9 Å². The van der Waals surface area contributed by atoms with E-state index in [1.807, 2.05) is 0 Å². The van der Waals surface area contributed by atoms with Crippen molar-refractivity contribution in [2.75, 3.05) is 6.54 Å². The second-order valence-corrected chi connectivity index (χ2v) is 2.30. The molecule has 1 atom stereocenters. The fraction of sp³-hybridized carbons (Fsp3) is 0.400. The third kappa shape index (κ3) is 2.48. The van der Waals surface area contributed by atoms with Gasteiger partial charge in [-0.25, -0.2) is 4.79 Å². The van der Waals surface area contributed by atoms with Gasteiger partial charge in [0.1, 0.15) is 0 Å². The number of amides is 1. The molecular weight excluding hydrogens is 194 g/mol. The van der Waals surface area contributed by atoms with E-state index < -0.39 is 24.5 Å². The average molecular weight is 201 g/mol. The van der Waals surface area contributed by atoms with Crippen molar-refractivity contribution in [1.29, 1.82) is 0 Å². The first-order valence-corrected chi connectivity index (χ1v) is 3.53. The van der Waals surface area contributed by atoms with Crippen LogP contribution in [0, 0.1) is 0 Å². The van der Waals surface area contributed by atoms with Crippen LogP contribution in [-0.2, 0) is 4.79 Å². The Kier molecular flexibility index (Phi) is 3.07. The molecule has 0 aliphatic rings. The van der Waals surface area contributed by atoms with Crippen molar-refractivity contribution in [3.05, 3.63) is 5.82 Å². The molecule has 9 heteroatoms. The lowest BCUT2D eigenvalue weighted by atomic mass is 10.3. The Morgan fingerprint density at radius 3 is 2.79 bits per heavy atom. The Morgan fingerprint density at radius 1 is 1.57 bits per heavy atom. The number of carbonyl (C=O) groups is 2. The van der Waals surface area contributed by atoms with Crippen LogP contribution in [0.15, 0.2) is 0 Å². The maximum Gasteiger partial charge on any atom is 0.334 e. The van der Waals surface area contributed by atoms with Gasteiger partial charge < -0.3 is 15.5 Å². The number of aliphatic hydroxyl groups excluding tert-OH is 1. The van der Waals surface area contributed by atoms with Gasteiger partial charge in [-0.15, -0.1) is 10.2 Å². The van der Waals surface area contributed by atoms with Gasteiger partial charge in [-0.3, -0.25) is 4.79 Å². The molecule has 0 aliphatic carbocycles. The zero-order chi connectivity index (χ0) is 10.6. The molecule has 0 saturated carbocycles. The van der Waals surface area contributed by atoms with Crippen LogP contribution in [0.25, 0.3) is 0 Å². The van der Waals surface area contributed by atoms with E-state index in [1.54, 1.807) is 0 Å². The Balaban J connectivity index is 2.40. The fourth-order valence-corrected chi connectivity index (χ4v) is 0.614. The Hall–Kier alpha value is -2.03. The van der Waals surface area contributed by atoms with Crippen molar-refractivity contribution in [2.45, 2.75) is 6.10 Å². The highest BCUT2D eigenvalue weighted by Gasteiger charge is 2.16. The van der Waals surface area contributed by atoms with Gasteiger partial charge in [0.2, 0.25) is 0 Å². The largest absolute Gasteiger partial charge is 0.479 e. The van der Waals surface area contributed by atoms with E-state index >= 15 is 0 Å². The van der Waals surface area contributed by atoms with Gasteiger partial charge in [0.05, 0.1) is 6.54 Å². The number of nitrogens with one attached hydrogen (secondary N) is 2. The SMILES string of the molecule is O=C(NC[C@H](O)C(=O)O)c1nn[nH]n1. The molecule has 0 fully saturated rings. The van der Waals surface area contributed by atoms with Gasteiger partial charge in [0, 0.05) is 0 Å². The summed E-state index contributed by atoms with van der Waals surface area (Å²) < 4.78 is 0. The number of tetrazole rings is 1. The van der Waals surface area contributed by atoms with E-state index in [0.29, 0.717) is 0 Å². The number of aromatic nitrogens is 4. The maximum atomic E-state index is 11.0. The first kappa shape index (κ1) is 10.1. The smallest absolute Gasteiger partial charge is 0.334 e. The van der Waals surface area contributed by atoms with E-state index in [1.165, 1.54) is 0 Å². The molecule has 0 radical (unpaired) electrons. The lowest BCUT2D eigenvalue weighted by Gasteiger charge is -2.04. The Morgan fingerprint density at radius 2 is 2.29 bits per heavy atom. The van der Waals surface area contributed by atoms with Crippen LogP contribution < -0.4 is 5.32 Å². The van der Waals surface area contributed by atoms with E-state index in [4.69, 9.17) is 10.2 Å². The normalized spacial score (nSPS) is 12.1. The minimum absolute atomic E-state index is 0.220. The number of H-pyrrole nitrogens is 1. The maximum absolute atomic E-state index is 11.0. The molecule has 4 N–H and O–H groups in total. The molecule has 0 aromatic carbocycles. The van der Waals surface area contributed by atoms with Crippen LogP contribution in [-0.4, -0.2) is 55.4 Å². The molecule has 0 bridgehead atoms. The molecule has 1 heterocycles. The number of hydrogen-bond acceptors (Lipinski definition) is 6. The Bertz CT molecular complexity index is 323. The number of nitrogens with zero attached hydrogens (tertiary/aromatic N) is 3. The Labute approximate surface area is 77.1 Å². The first-order chi connectivity index (χ1) is 6.61. The number of rotatable bonds is 4. The molecule has 9 nitrogen and oxygen atoms in total. The van der Waals surface area contributed by atoms with Gasteiger partial charge in [-0.2, -0.15) is 5.21 Å². The number of carbonyl (C=O) groups excluding carboxylic acids is 1. The van der Waals surface area contributed by atoms with Crippen molar-refractivity contribution >= 4 is 11.9 Å². The summed E-state index contributed by atoms with van der Waals surface area (Å²) in [5, 5.41) is 31.1. The molecule has 0 saturated heterocycles. The van der Waals surface area contributed by atoms with Crippen LogP contribution >= 0.6 is 0 Å². The average Bonchev–Trinajstić information content (AvgIpc) is 2.66. The second kappa shape index (κ2) is 4.28. The number of aromatic amines is 1. The van der Waals surface area contributed by atoms with Gasteiger partial charge >= 0.3 is 5.97 Å². The summed E-state index contributed by atoms with van der Waals surface area (Å²) >= 11 is 0. The summed E-state index contributed by atoms with van der Waals surface area (Å²) in [6.45, 7) is -0.414. The van der Waals surface area contributed by atoms with Crippen LogP contribution in [0.1, 0.15) is 10.6 Å². The van der Waals surface area contributed by atoms with Crippen LogP contribution in [0.2, 0.25) is 0 Å². The molecule has 1 aromatic heterocycles. The topological polar surface area (TPSA) is 141 Å². The van der Waals surface area contributed by atoms with E-state index in [2.05, 4.69) is 25.9 Å². The molecule has 1 amide bonds. The zero-order valence-electron chi connectivity index (χ0n) is 6.84. The van der Waals surface area contributed by atoms with Gasteiger partial charge in [-0.1, -0.05) is 0 Å². The van der Waals surface area contributed by atoms with Gasteiger partial charge in [0.15, 0.2) is 6.10 Å². The first-order valence-electron chi connectivity index (χ1n) is 3.53. The summed E-state index contributed by atoms with van der Waals surface area (Å²) in [6, 6.07) is 0. The van der Waals surface area contributed by atoms with Crippen LogP contribution in [0.3, 0.4) is 0 Å². The number of hydrogen-bond donors (Lipinski definition) is 4. The van der Waals surface area contributed by atoms with E-state index in [0.717, 1.165) is 0 Å².